The Morgan fingerprint density at radius 2 is 1.90 bits per heavy atom. The predicted octanol–water partition coefficient (Wildman–Crippen LogP) is 2.23. The quantitative estimate of drug-likeness (QED) is 0.473. The van der Waals surface area contributed by atoms with Gasteiger partial charge in [0.2, 0.25) is 0 Å². The lowest BCUT2D eigenvalue weighted by atomic mass is 10.1. The monoisotopic (exact) mass is 414 g/mol. The van der Waals surface area contributed by atoms with Gasteiger partial charge in [0.25, 0.3) is 11.8 Å². The van der Waals surface area contributed by atoms with Gasteiger partial charge in [0, 0.05) is 23.6 Å². The molecule has 1 atom stereocenters. The van der Waals surface area contributed by atoms with E-state index in [0.29, 0.717) is 11.3 Å². The highest BCUT2D eigenvalue weighted by Gasteiger charge is 2.16. The van der Waals surface area contributed by atoms with Gasteiger partial charge in [0.15, 0.2) is 12.7 Å². The number of carbonyl (C=O) groups excluding carboxylic acids is 2. The van der Waals surface area contributed by atoms with E-state index in [-0.39, 0.29) is 5.75 Å². The summed E-state index contributed by atoms with van der Waals surface area (Å²) in [7, 11) is 0. The number of halogens is 1. The van der Waals surface area contributed by atoms with Crippen LogP contribution in [-0.2, 0) is 9.59 Å². The van der Waals surface area contributed by atoms with Gasteiger partial charge in [-0.3, -0.25) is 20.4 Å². The Morgan fingerprint density at radius 1 is 1.10 bits per heavy atom. The molecule has 0 radical (unpaired) electrons. The maximum absolute atomic E-state index is 13.1. The standard InChI is InChI=1S/C21H19FN2O6/c1-12-8-20(26)30-18-10-16(6-7-17(12)18)29-13(2)21(27)24-23-19(25)11-28-15-5-3-4-14(22)9-15/h3-10,13H,11H2,1-2H3,(H,23,25)(H,24,27)/t13-/m0/s1. The summed E-state index contributed by atoms with van der Waals surface area (Å²) in [6.07, 6.45) is -0.955. The van der Waals surface area contributed by atoms with Gasteiger partial charge >= 0.3 is 5.63 Å². The molecule has 9 heteroatoms. The minimum atomic E-state index is -0.955. The van der Waals surface area contributed by atoms with Crippen LogP contribution in [0.5, 0.6) is 11.5 Å². The summed E-state index contributed by atoms with van der Waals surface area (Å²) < 4.78 is 28.9. The number of hydrazine groups is 1. The topological polar surface area (TPSA) is 107 Å². The molecule has 0 saturated heterocycles. The van der Waals surface area contributed by atoms with Crippen molar-refractivity contribution < 1.29 is 27.9 Å². The molecule has 8 nitrogen and oxygen atoms in total. The highest BCUT2D eigenvalue weighted by molar-refractivity contribution is 5.85. The van der Waals surface area contributed by atoms with Crippen LogP contribution >= 0.6 is 0 Å². The van der Waals surface area contributed by atoms with E-state index in [9.17, 15) is 18.8 Å². The SMILES string of the molecule is Cc1cc(=O)oc2cc(O[C@@H](C)C(=O)NNC(=O)COc3cccc(F)c3)ccc12. The number of fused-ring (bicyclic) bond motifs is 1. The van der Waals surface area contributed by atoms with Gasteiger partial charge in [-0.05, 0) is 43.7 Å². The average Bonchev–Trinajstić information content (AvgIpc) is 2.70. The van der Waals surface area contributed by atoms with Crippen LogP contribution in [0.3, 0.4) is 0 Å². The Morgan fingerprint density at radius 3 is 2.67 bits per heavy atom. The number of nitrogens with one attached hydrogen (secondary N) is 2. The van der Waals surface area contributed by atoms with Crippen molar-refractivity contribution in [3.05, 3.63) is 70.3 Å². The van der Waals surface area contributed by atoms with Gasteiger partial charge in [-0.1, -0.05) is 6.07 Å². The van der Waals surface area contributed by atoms with Crippen LogP contribution in [0, 0.1) is 12.7 Å². The molecule has 3 aromatic rings. The van der Waals surface area contributed by atoms with Gasteiger partial charge in [-0.2, -0.15) is 0 Å². The van der Waals surface area contributed by atoms with Crippen molar-refractivity contribution >= 4 is 22.8 Å². The van der Waals surface area contributed by atoms with E-state index in [1.807, 2.05) is 0 Å². The molecule has 0 saturated carbocycles. The van der Waals surface area contributed by atoms with Crippen molar-refractivity contribution in [2.45, 2.75) is 20.0 Å². The second-order valence-electron chi connectivity index (χ2n) is 6.45. The van der Waals surface area contributed by atoms with E-state index >= 15 is 0 Å². The van der Waals surface area contributed by atoms with Crippen molar-refractivity contribution in [1.82, 2.24) is 10.9 Å². The van der Waals surface area contributed by atoms with E-state index in [4.69, 9.17) is 13.9 Å². The molecule has 30 heavy (non-hydrogen) atoms. The number of amides is 2. The molecule has 1 heterocycles. The van der Waals surface area contributed by atoms with Crippen LogP contribution in [0.25, 0.3) is 11.0 Å². The van der Waals surface area contributed by atoms with E-state index in [2.05, 4.69) is 10.9 Å². The predicted molar refractivity (Wildman–Crippen MR) is 105 cm³/mol. The van der Waals surface area contributed by atoms with Crippen LogP contribution in [-0.4, -0.2) is 24.5 Å². The van der Waals surface area contributed by atoms with Crippen molar-refractivity contribution in [3.8, 4) is 11.5 Å². The van der Waals surface area contributed by atoms with Gasteiger partial charge < -0.3 is 13.9 Å². The molecule has 0 spiro atoms. The molecule has 0 aliphatic heterocycles. The molecular weight excluding hydrogens is 395 g/mol. The lowest BCUT2D eigenvalue weighted by Gasteiger charge is -2.15. The number of carbonyl (C=O) groups is 2. The van der Waals surface area contributed by atoms with Gasteiger partial charge in [-0.25, -0.2) is 9.18 Å². The zero-order chi connectivity index (χ0) is 21.7. The fraction of sp³-hybridized carbons (Fsp3) is 0.190. The molecule has 1 aromatic heterocycles. The maximum atomic E-state index is 13.1. The largest absolute Gasteiger partial charge is 0.484 e. The zero-order valence-corrected chi connectivity index (χ0v) is 16.2. The Kier molecular flexibility index (Phi) is 6.31. The molecule has 3 rings (SSSR count). The normalized spacial score (nSPS) is 11.6. The summed E-state index contributed by atoms with van der Waals surface area (Å²) in [4.78, 5) is 35.4. The van der Waals surface area contributed by atoms with Crippen molar-refractivity contribution in [3.63, 3.8) is 0 Å². The third kappa shape index (κ3) is 5.34. The molecule has 2 N–H and O–H groups in total. The third-order valence-corrected chi connectivity index (χ3v) is 4.10. The lowest BCUT2D eigenvalue weighted by molar-refractivity contribution is -0.133. The summed E-state index contributed by atoms with van der Waals surface area (Å²) in [6.45, 7) is 2.86. The Hall–Kier alpha value is -3.88. The Bertz CT molecular complexity index is 1140. The fourth-order valence-corrected chi connectivity index (χ4v) is 2.61. The summed E-state index contributed by atoms with van der Waals surface area (Å²) in [5.41, 5.74) is 5.02. The minimum Gasteiger partial charge on any atom is -0.484 e. The average molecular weight is 414 g/mol. The molecule has 0 bridgehead atoms. The second kappa shape index (κ2) is 9.08. The fourth-order valence-electron chi connectivity index (χ4n) is 2.61. The van der Waals surface area contributed by atoms with Crippen LogP contribution < -0.4 is 26.0 Å². The van der Waals surface area contributed by atoms with E-state index in [1.165, 1.54) is 37.3 Å². The number of ether oxygens (including phenoxy) is 2. The number of aryl methyl sites for hydroxylation is 1. The molecule has 156 valence electrons. The van der Waals surface area contributed by atoms with Crippen molar-refractivity contribution in [1.29, 1.82) is 0 Å². The highest BCUT2D eigenvalue weighted by Crippen LogP contribution is 2.23. The summed E-state index contributed by atoms with van der Waals surface area (Å²) in [5, 5.41) is 0.754. The minimum absolute atomic E-state index is 0.186. The molecule has 0 aliphatic carbocycles. The molecule has 0 aliphatic rings. The summed E-state index contributed by atoms with van der Waals surface area (Å²) >= 11 is 0. The van der Waals surface area contributed by atoms with Crippen molar-refractivity contribution in [2.24, 2.45) is 0 Å². The van der Waals surface area contributed by atoms with E-state index in [0.717, 1.165) is 17.0 Å². The Balaban J connectivity index is 1.51. The third-order valence-electron chi connectivity index (χ3n) is 4.10. The van der Waals surface area contributed by atoms with Crippen LogP contribution in [0.1, 0.15) is 12.5 Å². The zero-order valence-electron chi connectivity index (χ0n) is 16.2. The molecule has 0 fully saturated rings. The number of hydrogen-bond donors (Lipinski definition) is 2. The van der Waals surface area contributed by atoms with Gasteiger partial charge in [0.1, 0.15) is 22.9 Å². The van der Waals surface area contributed by atoms with Crippen LogP contribution in [0.2, 0.25) is 0 Å². The van der Waals surface area contributed by atoms with E-state index < -0.39 is 36.0 Å². The first-order chi connectivity index (χ1) is 14.3. The Labute approximate surface area is 170 Å². The summed E-state index contributed by atoms with van der Waals surface area (Å²) in [5.74, 6) is -1.23. The number of hydrogen-bond acceptors (Lipinski definition) is 6. The maximum Gasteiger partial charge on any atom is 0.336 e. The van der Waals surface area contributed by atoms with Gasteiger partial charge in [-0.15, -0.1) is 0 Å². The highest BCUT2D eigenvalue weighted by atomic mass is 19.1. The second-order valence-corrected chi connectivity index (χ2v) is 6.45. The smallest absolute Gasteiger partial charge is 0.336 e. The first-order valence-corrected chi connectivity index (χ1v) is 9.00. The number of rotatable bonds is 6. The summed E-state index contributed by atoms with van der Waals surface area (Å²) in [6, 6.07) is 11.6. The molecule has 2 amide bonds. The number of benzene rings is 2. The van der Waals surface area contributed by atoms with Crippen molar-refractivity contribution in [2.75, 3.05) is 6.61 Å². The molecule has 0 unspecified atom stereocenters. The van der Waals surface area contributed by atoms with Crippen LogP contribution in [0.15, 0.2) is 57.7 Å². The first kappa shape index (κ1) is 20.8. The molecule has 2 aromatic carbocycles. The van der Waals surface area contributed by atoms with Gasteiger partial charge in [0.05, 0.1) is 0 Å². The van der Waals surface area contributed by atoms with E-state index in [1.54, 1.807) is 19.1 Å². The lowest BCUT2D eigenvalue weighted by Crippen LogP contribution is -2.48. The first-order valence-electron chi connectivity index (χ1n) is 9.00. The molecular formula is C21H19FN2O6. The van der Waals surface area contributed by atoms with Crippen LogP contribution in [0.4, 0.5) is 4.39 Å².